The molecule has 0 spiro atoms. The van der Waals surface area contributed by atoms with E-state index in [-0.39, 0.29) is 0 Å². The Morgan fingerprint density at radius 3 is 2.93 bits per heavy atom. The fourth-order valence-electron chi connectivity index (χ4n) is 1.70. The maximum absolute atomic E-state index is 10.7. The third-order valence-corrected chi connectivity index (χ3v) is 2.51. The van der Waals surface area contributed by atoms with Crippen LogP contribution in [0.15, 0.2) is 43.1 Å². The highest BCUT2D eigenvalue weighted by atomic mass is 16.1. The van der Waals surface area contributed by atoms with Crippen LogP contribution >= 0.6 is 0 Å². The van der Waals surface area contributed by atoms with Crippen LogP contribution in [-0.4, -0.2) is 10.9 Å². The van der Waals surface area contributed by atoms with E-state index in [9.17, 15) is 4.79 Å². The molecule has 1 aromatic heterocycles. The average molecular weight is 199 g/mol. The van der Waals surface area contributed by atoms with Gasteiger partial charge in [0.15, 0.2) is 0 Å². The summed E-state index contributed by atoms with van der Waals surface area (Å²) in [5.41, 5.74) is 1.84. The van der Waals surface area contributed by atoms with Gasteiger partial charge in [0, 0.05) is 23.8 Å². The summed E-state index contributed by atoms with van der Waals surface area (Å²) < 4.78 is 2.14. The number of nitrogens with zero attached hydrogens (tertiary/aromatic N) is 1. The second-order valence-electron chi connectivity index (χ2n) is 3.52. The fraction of sp³-hybridized carbons (Fsp3) is 0.154. The molecule has 0 fully saturated rings. The summed E-state index contributed by atoms with van der Waals surface area (Å²) in [6.45, 7) is 4.62. The van der Waals surface area contributed by atoms with E-state index in [0.717, 1.165) is 30.3 Å². The van der Waals surface area contributed by atoms with Gasteiger partial charge in [0.25, 0.3) is 0 Å². The molecule has 0 aliphatic heterocycles. The van der Waals surface area contributed by atoms with Crippen LogP contribution in [0.1, 0.15) is 16.8 Å². The molecule has 15 heavy (non-hydrogen) atoms. The van der Waals surface area contributed by atoms with Crippen molar-refractivity contribution in [3.63, 3.8) is 0 Å². The van der Waals surface area contributed by atoms with E-state index >= 15 is 0 Å². The fourth-order valence-corrected chi connectivity index (χ4v) is 1.70. The Morgan fingerprint density at radius 1 is 1.33 bits per heavy atom. The molecule has 0 saturated heterocycles. The van der Waals surface area contributed by atoms with E-state index in [1.807, 2.05) is 30.5 Å². The first kappa shape index (κ1) is 9.71. The number of aryl methyl sites for hydroxylation is 1. The first-order valence-electron chi connectivity index (χ1n) is 5.00. The number of rotatable bonds is 4. The summed E-state index contributed by atoms with van der Waals surface area (Å²) in [6, 6.07) is 7.80. The molecule has 0 bridgehead atoms. The maximum atomic E-state index is 10.7. The summed E-state index contributed by atoms with van der Waals surface area (Å²) >= 11 is 0. The average Bonchev–Trinajstić information content (AvgIpc) is 2.68. The molecule has 2 heteroatoms. The minimum absolute atomic E-state index is 0.723. The largest absolute Gasteiger partial charge is 0.347 e. The molecule has 0 amide bonds. The summed E-state index contributed by atoms with van der Waals surface area (Å²) in [7, 11) is 0. The Labute approximate surface area is 88.8 Å². The number of hydrogen-bond acceptors (Lipinski definition) is 1. The van der Waals surface area contributed by atoms with Gasteiger partial charge in [-0.1, -0.05) is 18.2 Å². The lowest BCUT2D eigenvalue weighted by atomic mass is 10.2. The van der Waals surface area contributed by atoms with E-state index in [2.05, 4.69) is 17.2 Å². The molecule has 0 saturated carbocycles. The Kier molecular flexibility index (Phi) is 2.68. The summed E-state index contributed by atoms with van der Waals surface area (Å²) in [4.78, 5) is 10.7. The topological polar surface area (TPSA) is 22.0 Å². The normalized spacial score (nSPS) is 10.4. The van der Waals surface area contributed by atoms with Gasteiger partial charge >= 0.3 is 0 Å². The maximum Gasteiger partial charge on any atom is 0.150 e. The highest BCUT2D eigenvalue weighted by Gasteiger charge is 2.00. The van der Waals surface area contributed by atoms with Gasteiger partial charge in [0.05, 0.1) is 0 Å². The first-order chi connectivity index (χ1) is 7.35. The van der Waals surface area contributed by atoms with Crippen LogP contribution in [0.4, 0.5) is 0 Å². The number of benzene rings is 1. The van der Waals surface area contributed by atoms with Crippen molar-refractivity contribution in [2.24, 2.45) is 0 Å². The molecule has 2 rings (SSSR count). The van der Waals surface area contributed by atoms with Crippen LogP contribution in [0.5, 0.6) is 0 Å². The molecule has 0 atom stereocenters. The van der Waals surface area contributed by atoms with Gasteiger partial charge < -0.3 is 4.57 Å². The van der Waals surface area contributed by atoms with Crippen LogP contribution in [0.3, 0.4) is 0 Å². The van der Waals surface area contributed by atoms with Gasteiger partial charge in [0.1, 0.15) is 6.29 Å². The smallest absolute Gasteiger partial charge is 0.150 e. The zero-order chi connectivity index (χ0) is 10.7. The van der Waals surface area contributed by atoms with Crippen LogP contribution < -0.4 is 0 Å². The van der Waals surface area contributed by atoms with E-state index in [0.29, 0.717) is 0 Å². The van der Waals surface area contributed by atoms with Gasteiger partial charge in [-0.3, -0.25) is 4.79 Å². The zero-order valence-corrected chi connectivity index (χ0v) is 8.52. The van der Waals surface area contributed by atoms with Crippen LogP contribution in [0, 0.1) is 0 Å². The zero-order valence-electron chi connectivity index (χ0n) is 8.52. The Morgan fingerprint density at radius 2 is 2.20 bits per heavy atom. The van der Waals surface area contributed by atoms with Crippen molar-refractivity contribution in [3.05, 3.63) is 48.7 Å². The lowest BCUT2D eigenvalue weighted by molar-refractivity contribution is 0.112. The molecule has 0 aliphatic rings. The predicted octanol–water partition coefficient (Wildman–Crippen LogP) is 3.03. The molecular weight excluding hydrogens is 186 g/mol. The van der Waals surface area contributed by atoms with Gasteiger partial charge in [-0.15, -0.1) is 6.58 Å². The summed E-state index contributed by atoms with van der Waals surface area (Å²) in [5.74, 6) is 0. The molecule has 1 aromatic carbocycles. The molecule has 0 aliphatic carbocycles. The Balaban J connectivity index is 2.46. The Bertz CT molecular complexity index is 496. The minimum atomic E-state index is 0.723. The van der Waals surface area contributed by atoms with Crippen molar-refractivity contribution >= 4 is 17.2 Å². The van der Waals surface area contributed by atoms with Crippen molar-refractivity contribution in [2.45, 2.75) is 13.0 Å². The number of aldehydes is 1. The van der Waals surface area contributed by atoms with E-state index in [4.69, 9.17) is 0 Å². The van der Waals surface area contributed by atoms with Gasteiger partial charge in [-0.2, -0.15) is 0 Å². The number of fused-ring (bicyclic) bond motifs is 1. The molecule has 0 radical (unpaired) electrons. The molecule has 0 N–H and O–H groups in total. The SMILES string of the molecule is C=CCCn1ccc2ccc(C=O)cc21. The van der Waals surface area contributed by atoms with E-state index < -0.39 is 0 Å². The van der Waals surface area contributed by atoms with E-state index in [1.165, 1.54) is 5.39 Å². The van der Waals surface area contributed by atoms with Gasteiger partial charge in [-0.05, 0) is 23.9 Å². The number of carbonyl (C=O) groups is 1. The second kappa shape index (κ2) is 4.13. The van der Waals surface area contributed by atoms with Crippen molar-refractivity contribution in [3.8, 4) is 0 Å². The lowest BCUT2D eigenvalue weighted by Gasteiger charge is -2.03. The third-order valence-electron chi connectivity index (χ3n) is 2.51. The molecule has 2 aromatic rings. The standard InChI is InChI=1S/C13H13NO/c1-2-3-7-14-8-6-12-5-4-11(10-15)9-13(12)14/h2,4-6,8-10H,1,3,7H2. The van der Waals surface area contributed by atoms with Crippen molar-refractivity contribution in [2.75, 3.05) is 0 Å². The van der Waals surface area contributed by atoms with Gasteiger partial charge in [0.2, 0.25) is 0 Å². The first-order valence-corrected chi connectivity index (χ1v) is 5.00. The van der Waals surface area contributed by atoms with Crippen molar-refractivity contribution in [1.82, 2.24) is 4.57 Å². The third kappa shape index (κ3) is 1.84. The second-order valence-corrected chi connectivity index (χ2v) is 3.52. The van der Waals surface area contributed by atoms with Crippen LogP contribution in [0.2, 0.25) is 0 Å². The lowest BCUT2D eigenvalue weighted by Crippen LogP contribution is -1.94. The molecule has 2 nitrogen and oxygen atoms in total. The number of carbonyl (C=O) groups excluding carboxylic acids is 1. The van der Waals surface area contributed by atoms with Crippen molar-refractivity contribution in [1.29, 1.82) is 0 Å². The predicted molar refractivity (Wildman–Crippen MR) is 62.1 cm³/mol. The monoisotopic (exact) mass is 199 g/mol. The van der Waals surface area contributed by atoms with Crippen LogP contribution in [-0.2, 0) is 6.54 Å². The molecular formula is C13H13NO. The van der Waals surface area contributed by atoms with Crippen LogP contribution in [0.25, 0.3) is 10.9 Å². The number of allylic oxidation sites excluding steroid dienone is 1. The minimum Gasteiger partial charge on any atom is -0.347 e. The van der Waals surface area contributed by atoms with Gasteiger partial charge in [-0.25, -0.2) is 0 Å². The number of hydrogen-bond donors (Lipinski definition) is 0. The molecule has 76 valence electrons. The highest BCUT2D eigenvalue weighted by Crippen LogP contribution is 2.17. The number of aromatic nitrogens is 1. The molecule has 1 heterocycles. The summed E-state index contributed by atoms with van der Waals surface area (Å²) in [5, 5.41) is 1.17. The van der Waals surface area contributed by atoms with E-state index in [1.54, 1.807) is 0 Å². The molecule has 0 unspecified atom stereocenters. The van der Waals surface area contributed by atoms with Crippen molar-refractivity contribution < 1.29 is 4.79 Å². The quantitative estimate of drug-likeness (QED) is 0.548. The Hall–Kier alpha value is -1.83. The highest BCUT2D eigenvalue weighted by molar-refractivity contribution is 5.87. The summed E-state index contributed by atoms with van der Waals surface area (Å²) in [6.07, 6.45) is 5.76.